The summed E-state index contributed by atoms with van der Waals surface area (Å²) in [5, 5.41) is 7.52. The van der Waals surface area contributed by atoms with Crippen LogP contribution < -0.4 is 10.7 Å². The Kier molecular flexibility index (Phi) is 6.21. The highest BCUT2D eigenvalue weighted by atomic mass is 16.3. The Hall–Kier alpha value is -5.49. The quantitative estimate of drug-likeness (QED) is 0.339. The second-order valence-electron chi connectivity index (χ2n) is 9.43. The van der Waals surface area contributed by atoms with E-state index in [4.69, 9.17) is 4.42 Å². The Bertz CT molecular complexity index is 2030. The lowest BCUT2D eigenvalue weighted by Crippen LogP contribution is -2.29. The van der Waals surface area contributed by atoms with Crippen LogP contribution in [-0.2, 0) is 7.05 Å². The average Bonchev–Trinajstić information content (AvgIpc) is 3.60. The molecule has 1 atom stereocenters. The zero-order valence-electron chi connectivity index (χ0n) is 22.0. The van der Waals surface area contributed by atoms with Gasteiger partial charge in [0.25, 0.3) is 5.91 Å². The minimum absolute atomic E-state index is 0.229. The summed E-state index contributed by atoms with van der Waals surface area (Å²) in [6.07, 6.45) is 8.43. The maximum atomic E-state index is 14.2. The Labute approximate surface area is 229 Å². The molecule has 0 spiro atoms. The molecule has 0 fully saturated rings. The molecule has 0 bridgehead atoms. The summed E-state index contributed by atoms with van der Waals surface area (Å²) in [5.74, 6) is 6.16. The van der Waals surface area contributed by atoms with Crippen molar-refractivity contribution in [2.75, 3.05) is 0 Å². The van der Waals surface area contributed by atoms with Crippen molar-refractivity contribution in [3.8, 4) is 23.0 Å². The van der Waals surface area contributed by atoms with Crippen LogP contribution in [0.5, 0.6) is 0 Å². The maximum absolute atomic E-state index is 14.2. The van der Waals surface area contributed by atoms with E-state index in [1.54, 1.807) is 72.2 Å². The molecule has 0 saturated heterocycles. The zero-order valence-corrected chi connectivity index (χ0v) is 22.0. The summed E-state index contributed by atoms with van der Waals surface area (Å²) in [6, 6.07) is 14.0. The first-order chi connectivity index (χ1) is 19.4. The number of hydrogen-bond acceptors (Lipinski definition) is 6. The number of nitrogens with one attached hydrogen (secondary N) is 1. The summed E-state index contributed by atoms with van der Waals surface area (Å²) in [5.41, 5.74) is 3.88. The van der Waals surface area contributed by atoms with Gasteiger partial charge in [0.15, 0.2) is 5.65 Å². The van der Waals surface area contributed by atoms with Crippen molar-refractivity contribution in [3.63, 3.8) is 0 Å². The van der Waals surface area contributed by atoms with Gasteiger partial charge in [-0.3, -0.25) is 18.7 Å². The van der Waals surface area contributed by atoms with Crippen molar-refractivity contribution in [1.29, 1.82) is 0 Å². The highest BCUT2D eigenvalue weighted by Crippen LogP contribution is 2.30. The van der Waals surface area contributed by atoms with Crippen LogP contribution in [0.2, 0.25) is 0 Å². The molecule has 1 N–H and O–H groups in total. The van der Waals surface area contributed by atoms with Crippen LogP contribution in [-0.4, -0.2) is 30.1 Å². The number of amides is 1. The van der Waals surface area contributed by atoms with Crippen molar-refractivity contribution in [3.05, 3.63) is 118 Å². The molecule has 1 amide bonds. The van der Waals surface area contributed by atoms with Crippen LogP contribution in [0.4, 0.5) is 0 Å². The maximum Gasteiger partial charge on any atom is 0.257 e. The van der Waals surface area contributed by atoms with Crippen LogP contribution in [0.1, 0.15) is 45.9 Å². The standard InChI is InChI=1S/C31H24N6O3/c1-19-25(30-32-14-15-37(30)18-33-19)31(39)35-20(2)29-27(22-8-5-4-6-9-22)28(38)26-23(10-7-11-24(26)40-29)13-12-21-16-34-36(3)17-21/h4-11,14-18,20H,1-3H3,(H,35,39). The Morgan fingerprint density at radius 1 is 1.07 bits per heavy atom. The fourth-order valence-electron chi connectivity index (χ4n) is 4.74. The van der Waals surface area contributed by atoms with E-state index in [1.165, 1.54) is 0 Å². The highest BCUT2D eigenvalue weighted by Gasteiger charge is 2.25. The number of carbonyl (C=O) groups excluding carboxylic acids is 1. The molecule has 4 heterocycles. The number of nitrogens with zero attached hydrogens (tertiary/aromatic N) is 5. The van der Waals surface area contributed by atoms with E-state index >= 15 is 0 Å². The Morgan fingerprint density at radius 3 is 2.67 bits per heavy atom. The first kappa shape index (κ1) is 24.8. The van der Waals surface area contributed by atoms with E-state index < -0.39 is 6.04 Å². The first-order valence-electron chi connectivity index (χ1n) is 12.7. The molecule has 0 aliphatic rings. The van der Waals surface area contributed by atoms with Gasteiger partial charge in [0.05, 0.1) is 34.4 Å². The van der Waals surface area contributed by atoms with Crippen molar-refractivity contribution < 1.29 is 9.21 Å². The van der Waals surface area contributed by atoms with Crippen LogP contribution in [0.15, 0.2) is 88.9 Å². The number of aromatic nitrogens is 5. The van der Waals surface area contributed by atoms with Gasteiger partial charge < -0.3 is 9.73 Å². The topological polar surface area (TPSA) is 107 Å². The smallest absolute Gasteiger partial charge is 0.257 e. The number of hydrogen-bond donors (Lipinski definition) is 1. The minimum Gasteiger partial charge on any atom is -0.458 e. The molecule has 6 rings (SSSR count). The fraction of sp³-hybridized carbons (Fsp3) is 0.129. The van der Waals surface area contributed by atoms with E-state index in [1.807, 2.05) is 37.4 Å². The number of carbonyl (C=O) groups is 1. The highest BCUT2D eigenvalue weighted by molar-refractivity contribution is 6.01. The van der Waals surface area contributed by atoms with Gasteiger partial charge in [-0.25, -0.2) is 9.97 Å². The number of imidazole rings is 1. The molecule has 40 heavy (non-hydrogen) atoms. The van der Waals surface area contributed by atoms with Gasteiger partial charge in [-0.05, 0) is 31.5 Å². The fourth-order valence-corrected chi connectivity index (χ4v) is 4.74. The van der Waals surface area contributed by atoms with Crippen LogP contribution in [0.25, 0.3) is 27.7 Å². The van der Waals surface area contributed by atoms with Crippen molar-refractivity contribution in [2.45, 2.75) is 19.9 Å². The lowest BCUT2D eigenvalue weighted by Gasteiger charge is -2.18. The third-order valence-corrected chi connectivity index (χ3v) is 6.65. The van der Waals surface area contributed by atoms with E-state index in [9.17, 15) is 9.59 Å². The normalized spacial score (nSPS) is 11.8. The third kappa shape index (κ3) is 4.41. The van der Waals surface area contributed by atoms with Gasteiger partial charge >= 0.3 is 0 Å². The third-order valence-electron chi connectivity index (χ3n) is 6.65. The van der Waals surface area contributed by atoms with E-state index in [0.717, 1.165) is 5.56 Å². The van der Waals surface area contributed by atoms with Gasteiger partial charge in [0.2, 0.25) is 5.43 Å². The molecule has 196 valence electrons. The van der Waals surface area contributed by atoms with Crippen molar-refractivity contribution in [2.24, 2.45) is 7.05 Å². The van der Waals surface area contributed by atoms with Crippen LogP contribution in [0, 0.1) is 18.8 Å². The Morgan fingerprint density at radius 2 is 1.90 bits per heavy atom. The average molecular weight is 529 g/mol. The lowest BCUT2D eigenvalue weighted by molar-refractivity contribution is 0.0935. The summed E-state index contributed by atoms with van der Waals surface area (Å²) in [4.78, 5) is 36.3. The van der Waals surface area contributed by atoms with E-state index in [0.29, 0.717) is 50.3 Å². The second kappa shape index (κ2) is 10.0. The van der Waals surface area contributed by atoms with Gasteiger partial charge in [0, 0.05) is 31.2 Å². The minimum atomic E-state index is -0.653. The summed E-state index contributed by atoms with van der Waals surface area (Å²) in [6.45, 7) is 3.54. The van der Waals surface area contributed by atoms with Gasteiger partial charge in [-0.1, -0.05) is 48.2 Å². The van der Waals surface area contributed by atoms with E-state index in [2.05, 4.69) is 32.2 Å². The molecule has 2 aromatic carbocycles. The van der Waals surface area contributed by atoms with E-state index in [-0.39, 0.29) is 11.3 Å². The zero-order chi connectivity index (χ0) is 27.8. The molecule has 9 heteroatoms. The molecule has 0 saturated carbocycles. The number of aryl methyl sites for hydroxylation is 2. The predicted molar refractivity (Wildman–Crippen MR) is 151 cm³/mol. The molecule has 6 aromatic rings. The Balaban J connectivity index is 1.48. The van der Waals surface area contributed by atoms with Crippen molar-refractivity contribution in [1.82, 2.24) is 29.5 Å². The summed E-state index contributed by atoms with van der Waals surface area (Å²) < 4.78 is 9.75. The predicted octanol–water partition coefficient (Wildman–Crippen LogP) is 4.44. The molecular formula is C31H24N6O3. The summed E-state index contributed by atoms with van der Waals surface area (Å²) >= 11 is 0. The van der Waals surface area contributed by atoms with Crippen molar-refractivity contribution >= 4 is 22.5 Å². The number of benzene rings is 2. The molecule has 4 aromatic heterocycles. The molecule has 1 unspecified atom stereocenters. The molecule has 0 radical (unpaired) electrons. The van der Waals surface area contributed by atoms with Crippen LogP contribution >= 0.6 is 0 Å². The largest absolute Gasteiger partial charge is 0.458 e. The van der Waals surface area contributed by atoms with Gasteiger partial charge in [-0.2, -0.15) is 5.10 Å². The van der Waals surface area contributed by atoms with Crippen LogP contribution in [0.3, 0.4) is 0 Å². The number of fused-ring (bicyclic) bond motifs is 2. The van der Waals surface area contributed by atoms with Gasteiger partial charge in [-0.15, -0.1) is 0 Å². The SMILES string of the molecule is Cc1ncn2ccnc2c1C(=O)NC(C)c1oc2cccc(C#Cc3cnn(C)c3)c2c(=O)c1-c1ccccc1. The number of rotatable bonds is 4. The first-order valence-corrected chi connectivity index (χ1v) is 12.7. The lowest BCUT2D eigenvalue weighted by atomic mass is 9.97. The summed E-state index contributed by atoms with van der Waals surface area (Å²) in [7, 11) is 1.82. The molecular weight excluding hydrogens is 504 g/mol. The molecule has 0 aliphatic carbocycles. The van der Waals surface area contributed by atoms with Gasteiger partial charge in [0.1, 0.15) is 23.2 Å². The molecule has 9 nitrogen and oxygen atoms in total. The monoisotopic (exact) mass is 528 g/mol. The second-order valence-corrected chi connectivity index (χ2v) is 9.43. The molecule has 0 aliphatic heterocycles.